The third-order valence-corrected chi connectivity index (χ3v) is 3.25. The lowest BCUT2D eigenvalue weighted by Gasteiger charge is -2.09. The van der Waals surface area contributed by atoms with Crippen molar-refractivity contribution in [2.45, 2.75) is 18.9 Å². The molecule has 2 rings (SSSR count). The first kappa shape index (κ1) is 12.1. The first-order valence-electron chi connectivity index (χ1n) is 5.30. The Hall–Kier alpha value is -1.36. The number of halogens is 1. The van der Waals surface area contributed by atoms with Gasteiger partial charge in [-0.3, -0.25) is 9.79 Å². The van der Waals surface area contributed by atoms with E-state index in [0.717, 1.165) is 10.0 Å². The molecule has 0 spiro atoms. The molecule has 0 bridgehead atoms. The molecule has 0 radical (unpaired) electrons. The second-order valence-electron chi connectivity index (χ2n) is 3.84. The van der Waals surface area contributed by atoms with Crippen molar-refractivity contribution in [2.75, 3.05) is 6.54 Å². The largest absolute Gasteiger partial charge is 0.481 e. The Morgan fingerprint density at radius 2 is 2.29 bits per heavy atom. The molecule has 1 aromatic rings. The van der Waals surface area contributed by atoms with Crippen LogP contribution in [0.3, 0.4) is 0 Å². The molecule has 0 saturated carbocycles. The predicted octanol–water partition coefficient (Wildman–Crippen LogP) is 2.26. The number of carbonyl (C=O) groups is 1. The van der Waals surface area contributed by atoms with Crippen molar-refractivity contribution in [1.29, 1.82) is 0 Å². The summed E-state index contributed by atoms with van der Waals surface area (Å²) < 4.78 is 6.49. The second-order valence-corrected chi connectivity index (χ2v) is 4.69. The van der Waals surface area contributed by atoms with Crippen LogP contribution >= 0.6 is 15.9 Å². The maximum atomic E-state index is 10.5. The number of carboxylic acids is 1. The number of hydrogen-bond donors (Lipinski definition) is 1. The van der Waals surface area contributed by atoms with Gasteiger partial charge in [0.2, 0.25) is 0 Å². The maximum absolute atomic E-state index is 10.5. The highest BCUT2D eigenvalue weighted by Gasteiger charge is 2.22. The van der Waals surface area contributed by atoms with E-state index in [1.54, 1.807) is 0 Å². The van der Waals surface area contributed by atoms with Crippen molar-refractivity contribution in [3.63, 3.8) is 0 Å². The van der Waals surface area contributed by atoms with Crippen molar-refractivity contribution in [3.05, 3.63) is 34.3 Å². The van der Waals surface area contributed by atoms with Gasteiger partial charge in [0.25, 0.3) is 0 Å². The Labute approximate surface area is 107 Å². The van der Waals surface area contributed by atoms with Crippen LogP contribution in [0, 0.1) is 0 Å². The number of hydrogen-bond acceptors (Lipinski definition) is 3. The summed E-state index contributed by atoms with van der Waals surface area (Å²) in [5.41, 5.74) is 1.09. The smallest absolute Gasteiger partial charge is 0.307 e. The zero-order valence-electron chi connectivity index (χ0n) is 9.10. The molecule has 5 heteroatoms. The molecule has 4 nitrogen and oxygen atoms in total. The summed E-state index contributed by atoms with van der Waals surface area (Å²) >= 11 is 3.45. The minimum absolute atomic E-state index is 0.00294. The SMILES string of the molecule is O=C(O)CC1CN=C(Cc2ccccc2Br)O1. The maximum Gasteiger partial charge on any atom is 0.307 e. The van der Waals surface area contributed by atoms with Crippen LogP contribution in [0.5, 0.6) is 0 Å². The lowest BCUT2D eigenvalue weighted by atomic mass is 10.1. The fraction of sp³-hybridized carbons (Fsp3) is 0.333. The van der Waals surface area contributed by atoms with Crippen molar-refractivity contribution in [3.8, 4) is 0 Å². The van der Waals surface area contributed by atoms with Gasteiger partial charge in [-0.05, 0) is 11.6 Å². The molecular weight excluding hydrogens is 286 g/mol. The van der Waals surface area contributed by atoms with E-state index in [-0.39, 0.29) is 12.5 Å². The summed E-state index contributed by atoms with van der Waals surface area (Å²) in [6.45, 7) is 0.437. The average molecular weight is 298 g/mol. The third-order valence-electron chi connectivity index (χ3n) is 2.48. The molecule has 0 aromatic heterocycles. The van der Waals surface area contributed by atoms with Gasteiger partial charge in [0.15, 0.2) is 5.90 Å². The van der Waals surface area contributed by atoms with Gasteiger partial charge >= 0.3 is 5.97 Å². The number of rotatable bonds is 4. The van der Waals surface area contributed by atoms with Crippen LogP contribution in [0.2, 0.25) is 0 Å². The molecule has 1 N–H and O–H groups in total. The van der Waals surface area contributed by atoms with Crippen molar-refractivity contribution >= 4 is 27.8 Å². The zero-order chi connectivity index (χ0) is 12.3. The Bertz CT molecular complexity index is 459. The lowest BCUT2D eigenvalue weighted by Crippen LogP contribution is -2.18. The Morgan fingerprint density at radius 3 is 3.00 bits per heavy atom. The van der Waals surface area contributed by atoms with Crippen LogP contribution in [-0.4, -0.2) is 29.6 Å². The molecule has 1 aliphatic rings. The quantitative estimate of drug-likeness (QED) is 0.927. The number of aliphatic carboxylic acids is 1. The highest BCUT2D eigenvalue weighted by atomic mass is 79.9. The van der Waals surface area contributed by atoms with E-state index < -0.39 is 5.97 Å². The van der Waals surface area contributed by atoms with Gasteiger partial charge in [-0.15, -0.1) is 0 Å². The molecule has 0 saturated heterocycles. The van der Waals surface area contributed by atoms with E-state index in [0.29, 0.717) is 18.9 Å². The number of benzene rings is 1. The molecule has 0 amide bonds. The van der Waals surface area contributed by atoms with Gasteiger partial charge in [-0.2, -0.15) is 0 Å². The van der Waals surface area contributed by atoms with Crippen LogP contribution in [0.4, 0.5) is 0 Å². The summed E-state index contributed by atoms with van der Waals surface area (Å²) in [6.07, 6.45) is 0.283. The van der Waals surface area contributed by atoms with Crippen molar-refractivity contribution < 1.29 is 14.6 Å². The van der Waals surface area contributed by atoms with Gasteiger partial charge in [0, 0.05) is 10.9 Å². The predicted molar refractivity (Wildman–Crippen MR) is 67.3 cm³/mol. The monoisotopic (exact) mass is 297 g/mol. The number of nitrogens with zero attached hydrogens (tertiary/aromatic N) is 1. The molecular formula is C12H12BrNO3. The van der Waals surface area contributed by atoms with E-state index in [2.05, 4.69) is 20.9 Å². The molecule has 17 heavy (non-hydrogen) atoms. The van der Waals surface area contributed by atoms with Gasteiger partial charge < -0.3 is 9.84 Å². The second kappa shape index (κ2) is 5.31. The summed E-state index contributed by atoms with van der Waals surface area (Å²) in [6, 6.07) is 7.84. The highest BCUT2D eigenvalue weighted by Crippen LogP contribution is 2.19. The Morgan fingerprint density at radius 1 is 1.53 bits per heavy atom. The van der Waals surface area contributed by atoms with Crippen LogP contribution in [0.1, 0.15) is 12.0 Å². The molecule has 90 valence electrons. The molecule has 1 unspecified atom stereocenters. The molecule has 1 atom stereocenters. The normalized spacial score (nSPS) is 18.6. The van der Waals surface area contributed by atoms with Gasteiger partial charge in [-0.1, -0.05) is 34.1 Å². The first-order chi connectivity index (χ1) is 8.15. The fourth-order valence-electron chi connectivity index (χ4n) is 1.67. The fourth-order valence-corrected chi connectivity index (χ4v) is 2.10. The minimum Gasteiger partial charge on any atom is -0.481 e. The standard InChI is InChI=1S/C12H12BrNO3/c13-10-4-2-1-3-8(10)5-11-14-7-9(17-11)6-12(15)16/h1-4,9H,5-7H2,(H,15,16). The topological polar surface area (TPSA) is 58.9 Å². The van der Waals surface area contributed by atoms with E-state index in [1.807, 2.05) is 24.3 Å². The summed E-state index contributed by atoms with van der Waals surface area (Å²) in [7, 11) is 0. The molecule has 0 fully saturated rings. The van der Waals surface area contributed by atoms with Crippen molar-refractivity contribution in [1.82, 2.24) is 0 Å². The van der Waals surface area contributed by atoms with Crippen molar-refractivity contribution in [2.24, 2.45) is 4.99 Å². The minimum atomic E-state index is -0.854. The van der Waals surface area contributed by atoms with Crippen LogP contribution in [0.25, 0.3) is 0 Å². The summed E-state index contributed by atoms with van der Waals surface area (Å²) in [5, 5.41) is 8.66. The van der Waals surface area contributed by atoms with Crippen LogP contribution in [-0.2, 0) is 16.0 Å². The Kier molecular flexibility index (Phi) is 3.78. The summed E-state index contributed by atoms with van der Waals surface area (Å²) in [5.74, 6) is -0.240. The molecule has 1 aromatic carbocycles. The van der Waals surface area contributed by atoms with Crippen LogP contribution in [0.15, 0.2) is 33.7 Å². The van der Waals surface area contributed by atoms with Gasteiger partial charge in [0.1, 0.15) is 6.10 Å². The lowest BCUT2D eigenvalue weighted by molar-refractivity contribution is -0.138. The Balaban J connectivity index is 1.94. The van der Waals surface area contributed by atoms with E-state index in [4.69, 9.17) is 9.84 Å². The number of ether oxygens (including phenoxy) is 1. The van der Waals surface area contributed by atoms with E-state index >= 15 is 0 Å². The van der Waals surface area contributed by atoms with Gasteiger partial charge in [0.05, 0.1) is 13.0 Å². The van der Waals surface area contributed by atoms with Gasteiger partial charge in [-0.25, -0.2) is 0 Å². The third kappa shape index (κ3) is 3.30. The first-order valence-corrected chi connectivity index (χ1v) is 6.09. The molecule has 0 aliphatic carbocycles. The molecule has 1 heterocycles. The number of carboxylic acid groups (broad SMARTS) is 1. The summed E-state index contributed by atoms with van der Waals surface area (Å²) in [4.78, 5) is 14.8. The number of aliphatic imine (C=N–C) groups is 1. The van der Waals surface area contributed by atoms with Crippen LogP contribution < -0.4 is 0 Å². The van der Waals surface area contributed by atoms with E-state index in [1.165, 1.54) is 0 Å². The van der Waals surface area contributed by atoms with E-state index in [9.17, 15) is 4.79 Å². The zero-order valence-corrected chi connectivity index (χ0v) is 10.7. The average Bonchev–Trinajstić information content (AvgIpc) is 2.68. The highest BCUT2D eigenvalue weighted by molar-refractivity contribution is 9.10. The molecule has 1 aliphatic heterocycles.